The minimum absolute atomic E-state index is 0.0396. The number of hydrogen-bond acceptors (Lipinski definition) is 4. The monoisotopic (exact) mass is 374 g/mol. The van der Waals surface area contributed by atoms with Crippen molar-refractivity contribution in [2.75, 3.05) is 33.9 Å². The van der Waals surface area contributed by atoms with Gasteiger partial charge >= 0.3 is 0 Å². The van der Waals surface area contributed by atoms with Crippen LogP contribution in [0.2, 0.25) is 0 Å². The lowest BCUT2D eigenvalue weighted by Crippen LogP contribution is -2.39. The van der Waals surface area contributed by atoms with Gasteiger partial charge in [-0.25, -0.2) is 0 Å². The topological polar surface area (TPSA) is 71.8 Å². The highest BCUT2D eigenvalue weighted by molar-refractivity contribution is 5.90. The van der Waals surface area contributed by atoms with Crippen LogP contribution in [0.25, 0.3) is 11.0 Å². The third-order valence-electron chi connectivity index (χ3n) is 4.66. The van der Waals surface area contributed by atoms with Crippen LogP contribution in [0.15, 0.2) is 22.8 Å². The highest BCUT2D eigenvalue weighted by Gasteiger charge is 2.17. The van der Waals surface area contributed by atoms with E-state index in [9.17, 15) is 9.59 Å². The fourth-order valence-corrected chi connectivity index (χ4v) is 3.11. The van der Waals surface area contributed by atoms with Crippen LogP contribution in [0, 0.1) is 6.92 Å². The minimum Gasteiger partial charge on any atom is -0.464 e. The molecule has 0 aliphatic heterocycles. The molecule has 6 nitrogen and oxygen atoms in total. The SMILES string of the molecule is COCCCNC(=O)CN(C)C(=O)Cc1coc2cc(C)c(C(C)C)cc12. The molecule has 0 aliphatic carbocycles. The summed E-state index contributed by atoms with van der Waals surface area (Å²) in [6.07, 6.45) is 2.60. The van der Waals surface area contributed by atoms with Crippen molar-refractivity contribution in [3.8, 4) is 0 Å². The van der Waals surface area contributed by atoms with Crippen LogP contribution in [0.3, 0.4) is 0 Å². The minimum atomic E-state index is -0.170. The van der Waals surface area contributed by atoms with Gasteiger partial charge in [-0.1, -0.05) is 13.8 Å². The maximum Gasteiger partial charge on any atom is 0.239 e. The van der Waals surface area contributed by atoms with Crippen molar-refractivity contribution in [3.63, 3.8) is 0 Å². The van der Waals surface area contributed by atoms with E-state index in [4.69, 9.17) is 9.15 Å². The van der Waals surface area contributed by atoms with Crippen molar-refractivity contribution in [1.29, 1.82) is 0 Å². The van der Waals surface area contributed by atoms with Crippen LogP contribution >= 0.6 is 0 Å². The maximum absolute atomic E-state index is 12.5. The molecule has 1 heterocycles. The van der Waals surface area contributed by atoms with Crippen molar-refractivity contribution in [1.82, 2.24) is 10.2 Å². The van der Waals surface area contributed by atoms with E-state index in [2.05, 4.69) is 32.2 Å². The first-order chi connectivity index (χ1) is 12.8. The molecule has 148 valence electrons. The Bertz CT molecular complexity index is 795. The fraction of sp³-hybridized carbons (Fsp3) is 0.524. The molecule has 27 heavy (non-hydrogen) atoms. The first-order valence-electron chi connectivity index (χ1n) is 9.33. The largest absolute Gasteiger partial charge is 0.464 e. The zero-order chi connectivity index (χ0) is 20.0. The zero-order valence-corrected chi connectivity index (χ0v) is 16.9. The van der Waals surface area contributed by atoms with Gasteiger partial charge in [-0.3, -0.25) is 9.59 Å². The Morgan fingerprint density at radius 2 is 2.04 bits per heavy atom. The summed E-state index contributed by atoms with van der Waals surface area (Å²) < 4.78 is 10.6. The number of aryl methyl sites for hydroxylation is 1. The Hall–Kier alpha value is -2.34. The molecule has 1 aromatic heterocycles. The van der Waals surface area contributed by atoms with Crippen molar-refractivity contribution in [3.05, 3.63) is 35.1 Å². The number of ether oxygens (including phenoxy) is 1. The number of furan rings is 1. The molecular formula is C21H30N2O4. The lowest BCUT2D eigenvalue weighted by atomic mass is 9.95. The number of benzene rings is 1. The molecule has 2 amide bonds. The summed E-state index contributed by atoms with van der Waals surface area (Å²) in [7, 11) is 3.27. The van der Waals surface area contributed by atoms with Gasteiger partial charge in [0.25, 0.3) is 0 Å². The molecule has 0 atom stereocenters. The first kappa shape index (κ1) is 21.0. The van der Waals surface area contributed by atoms with Crippen LogP contribution in [-0.2, 0) is 20.7 Å². The van der Waals surface area contributed by atoms with Crippen molar-refractivity contribution >= 4 is 22.8 Å². The van der Waals surface area contributed by atoms with E-state index >= 15 is 0 Å². The van der Waals surface area contributed by atoms with Crippen LogP contribution in [0.1, 0.15) is 42.9 Å². The van der Waals surface area contributed by atoms with Gasteiger partial charge in [0, 0.05) is 38.3 Å². The standard InChI is InChI=1S/C21H30N2O4/c1-14(2)17-11-18-16(13-27-19(18)9-15(17)3)10-21(25)23(4)12-20(24)22-7-6-8-26-5/h9,11,13-14H,6-8,10,12H2,1-5H3,(H,22,24). The van der Waals surface area contributed by atoms with E-state index in [0.717, 1.165) is 23.0 Å². The molecule has 2 aromatic rings. The van der Waals surface area contributed by atoms with Gasteiger partial charge in [0.1, 0.15) is 5.58 Å². The van der Waals surface area contributed by atoms with Crippen molar-refractivity contribution < 1.29 is 18.7 Å². The van der Waals surface area contributed by atoms with Crippen LogP contribution in [-0.4, -0.2) is 50.6 Å². The number of nitrogens with zero attached hydrogens (tertiary/aromatic N) is 1. The number of hydrogen-bond donors (Lipinski definition) is 1. The molecule has 6 heteroatoms. The van der Waals surface area contributed by atoms with Crippen molar-refractivity contribution in [2.24, 2.45) is 0 Å². The Labute approximate surface area is 160 Å². The van der Waals surface area contributed by atoms with Gasteiger partial charge in [-0.2, -0.15) is 0 Å². The quantitative estimate of drug-likeness (QED) is 0.685. The van der Waals surface area contributed by atoms with E-state index in [1.54, 1.807) is 20.4 Å². The summed E-state index contributed by atoms with van der Waals surface area (Å²) in [5.41, 5.74) is 4.08. The molecule has 0 bridgehead atoms. The molecule has 0 fully saturated rings. The van der Waals surface area contributed by atoms with Gasteiger partial charge < -0.3 is 19.4 Å². The molecule has 1 aromatic carbocycles. The molecular weight excluding hydrogens is 344 g/mol. The average molecular weight is 374 g/mol. The predicted octanol–water partition coefficient (Wildman–Crippen LogP) is 3.02. The fourth-order valence-electron chi connectivity index (χ4n) is 3.11. The Kier molecular flexibility index (Phi) is 7.42. The molecule has 0 unspecified atom stereocenters. The normalized spacial score (nSPS) is 11.2. The Morgan fingerprint density at radius 1 is 1.30 bits per heavy atom. The molecule has 0 radical (unpaired) electrons. The highest BCUT2D eigenvalue weighted by Crippen LogP contribution is 2.29. The molecule has 1 N–H and O–H groups in total. The number of carbonyl (C=O) groups excluding carboxylic acids is 2. The number of fused-ring (bicyclic) bond motifs is 1. The van der Waals surface area contributed by atoms with Crippen LogP contribution in [0.4, 0.5) is 0 Å². The number of likely N-dealkylation sites (N-methyl/N-ethyl adjacent to an activating group) is 1. The van der Waals surface area contributed by atoms with E-state index < -0.39 is 0 Å². The summed E-state index contributed by atoms with van der Waals surface area (Å²) in [5.74, 6) is 0.116. The average Bonchev–Trinajstić information content (AvgIpc) is 2.99. The van der Waals surface area contributed by atoms with E-state index in [0.29, 0.717) is 19.1 Å². The third kappa shape index (κ3) is 5.57. The van der Waals surface area contributed by atoms with Gasteiger partial charge in [-0.05, 0) is 42.5 Å². The predicted molar refractivity (Wildman–Crippen MR) is 106 cm³/mol. The second kappa shape index (κ2) is 9.55. The number of nitrogens with one attached hydrogen (secondary N) is 1. The Balaban J connectivity index is 2.00. The molecule has 2 rings (SSSR count). The van der Waals surface area contributed by atoms with Gasteiger partial charge in [-0.15, -0.1) is 0 Å². The molecule has 0 spiro atoms. The number of amides is 2. The summed E-state index contributed by atoms with van der Waals surface area (Å²) >= 11 is 0. The summed E-state index contributed by atoms with van der Waals surface area (Å²) in [6, 6.07) is 4.14. The second-order valence-electron chi connectivity index (χ2n) is 7.24. The smallest absolute Gasteiger partial charge is 0.239 e. The van der Waals surface area contributed by atoms with Gasteiger partial charge in [0.2, 0.25) is 11.8 Å². The molecule has 0 aliphatic rings. The highest BCUT2D eigenvalue weighted by atomic mass is 16.5. The second-order valence-corrected chi connectivity index (χ2v) is 7.24. The van der Waals surface area contributed by atoms with Crippen molar-refractivity contribution in [2.45, 2.75) is 39.5 Å². The summed E-state index contributed by atoms with van der Waals surface area (Å²) in [4.78, 5) is 25.9. The third-order valence-corrected chi connectivity index (χ3v) is 4.66. The zero-order valence-electron chi connectivity index (χ0n) is 16.9. The van der Waals surface area contributed by atoms with Crippen LogP contribution < -0.4 is 5.32 Å². The summed E-state index contributed by atoms with van der Waals surface area (Å²) in [6.45, 7) is 7.55. The number of methoxy groups -OCH3 is 1. The van der Waals surface area contributed by atoms with Crippen LogP contribution in [0.5, 0.6) is 0 Å². The van der Waals surface area contributed by atoms with E-state index in [-0.39, 0.29) is 24.8 Å². The lowest BCUT2D eigenvalue weighted by molar-refractivity contribution is -0.134. The maximum atomic E-state index is 12.5. The first-order valence-corrected chi connectivity index (χ1v) is 9.33. The lowest BCUT2D eigenvalue weighted by Gasteiger charge is -2.16. The van der Waals surface area contributed by atoms with E-state index in [1.165, 1.54) is 16.0 Å². The molecule has 0 saturated heterocycles. The van der Waals surface area contributed by atoms with Gasteiger partial charge in [0.05, 0.1) is 19.2 Å². The molecule has 0 saturated carbocycles. The van der Waals surface area contributed by atoms with E-state index in [1.807, 2.05) is 6.07 Å². The summed E-state index contributed by atoms with van der Waals surface area (Å²) in [5, 5.41) is 3.75. The Morgan fingerprint density at radius 3 is 2.70 bits per heavy atom. The number of carbonyl (C=O) groups is 2. The van der Waals surface area contributed by atoms with Gasteiger partial charge in [0.15, 0.2) is 0 Å². The number of rotatable bonds is 9.